The fourth-order valence-electron chi connectivity index (χ4n) is 2.36. The molecular formula is C14H23N3O. The van der Waals surface area contributed by atoms with Crippen LogP contribution < -0.4 is 10.6 Å². The van der Waals surface area contributed by atoms with Gasteiger partial charge in [0.05, 0.1) is 24.6 Å². The zero-order valence-electron chi connectivity index (χ0n) is 11.5. The van der Waals surface area contributed by atoms with Crippen molar-refractivity contribution in [2.75, 3.05) is 25.1 Å². The van der Waals surface area contributed by atoms with E-state index in [0.29, 0.717) is 12.1 Å². The van der Waals surface area contributed by atoms with Crippen LogP contribution in [0.1, 0.15) is 24.7 Å². The summed E-state index contributed by atoms with van der Waals surface area (Å²) in [5, 5.41) is 7.01. The Morgan fingerprint density at radius 1 is 1.50 bits per heavy atom. The van der Waals surface area contributed by atoms with Gasteiger partial charge in [-0.3, -0.25) is 4.98 Å². The highest BCUT2D eigenvalue weighted by atomic mass is 16.5. The average Bonchev–Trinajstić information content (AvgIpc) is 2.34. The first kappa shape index (κ1) is 13.3. The largest absolute Gasteiger partial charge is 0.381 e. The lowest BCUT2D eigenvalue weighted by Crippen LogP contribution is -2.43. The van der Waals surface area contributed by atoms with Crippen molar-refractivity contribution in [2.24, 2.45) is 0 Å². The van der Waals surface area contributed by atoms with E-state index < -0.39 is 0 Å². The summed E-state index contributed by atoms with van der Waals surface area (Å²) in [6.45, 7) is 8.88. The lowest BCUT2D eigenvalue weighted by atomic mass is 10.1. The molecule has 0 spiro atoms. The number of pyridine rings is 1. The molecule has 1 aromatic heterocycles. The fourth-order valence-corrected chi connectivity index (χ4v) is 2.36. The average molecular weight is 249 g/mol. The molecule has 0 saturated carbocycles. The van der Waals surface area contributed by atoms with Crippen molar-refractivity contribution in [3.63, 3.8) is 0 Å². The van der Waals surface area contributed by atoms with Gasteiger partial charge in [-0.15, -0.1) is 0 Å². The molecule has 0 aliphatic carbocycles. The summed E-state index contributed by atoms with van der Waals surface area (Å²) in [6, 6.07) is 5.02. The van der Waals surface area contributed by atoms with Crippen molar-refractivity contribution in [3.8, 4) is 0 Å². The molecule has 1 aliphatic rings. The summed E-state index contributed by atoms with van der Waals surface area (Å²) in [5.74, 6) is 0. The molecule has 0 aromatic carbocycles. The zero-order chi connectivity index (χ0) is 13.0. The van der Waals surface area contributed by atoms with Crippen molar-refractivity contribution < 1.29 is 4.74 Å². The number of anilines is 1. The molecule has 4 heteroatoms. The third-order valence-corrected chi connectivity index (χ3v) is 3.26. The Labute approximate surface area is 109 Å². The number of hydrogen-bond donors (Lipinski definition) is 2. The van der Waals surface area contributed by atoms with Gasteiger partial charge in [0.2, 0.25) is 0 Å². The summed E-state index contributed by atoms with van der Waals surface area (Å²) >= 11 is 0. The molecule has 1 aliphatic heterocycles. The van der Waals surface area contributed by atoms with Gasteiger partial charge in [0.15, 0.2) is 0 Å². The molecule has 1 fully saturated rings. The fraction of sp³-hybridized carbons (Fsp3) is 0.643. The molecule has 2 N–H and O–H groups in total. The Kier molecular flexibility index (Phi) is 4.55. The van der Waals surface area contributed by atoms with Gasteiger partial charge in [-0.05, 0) is 39.3 Å². The van der Waals surface area contributed by atoms with Gasteiger partial charge in [-0.2, -0.15) is 0 Å². The van der Waals surface area contributed by atoms with E-state index in [2.05, 4.69) is 28.6 Å². The zero-order valence-corrected chi connectivity index (χ0v) is 11.5. The van der Waals surface area contributed by atoms with Gasteiger partial charge >= 0.3 is 0 Å². The highest BCUT2D eigenvalue weighted by Crippen LogP contribution is 2.15. The second kappa shape index (κ2) is 6.16. The number of aryl methyl sites for hydroxylation is 2. The van der Waals surface area contributed by atoms with Crippen LogP contribution in [-0.2, 0) is 4.74 Å². The van der Waals surface area contributed by atoms with E-state index in [9.17, 15) is 0 Å². The third kappa shape index (κ3) is 3.68. The second-order valence-electron chi connectivity index (χ2n) is 5.09. The molecule has 2 atom stereocenters. The Hall–Kier alpha value is -1.13. The Balaban J connectivity index is 1.87. The Morgan fingerprint density at radius 2 is 2.33 bits per heavy atom. The van der Waals surface area contributed by atoms with Crippen LogP contribution in [0.3, 0.4) is 0 Å². The van der Waals surface area contributed by atoms with Crippen molar-refractivity contribution in [3.05, 3.63) is 23.5 Å². The van der Waals surface area contributed by atoms with Crippen molar-refractivity contribution in [1.29, 1.82) is 0 Å². The molecule has 1 aromatic rings. The molecule has 0 radical (unpaired) electrons. The molecule has 18 heavy (non-hydrogen) atoms. The topological polar surface area (TPSA) is 46.2 Å². The van der Waals surface area contributed by atoms with Crippen LogP contribution in [0.15, 0.2) is 12.1 Å². The predicted octanol–water partition coefficient (Wildman–Crippen LogP) is 1.88. The lowest BCUT2D eigenvalue weighted by molar-refractivity contribution is 0.0731. The SMILES string of the molecule is Cc1ccc(NC(C)CC2COCCN2)c(C)n1. The highest BCUT2D eigenvalue weighted by molar-refractivity contribution is 5.48. The minimum Gasteiger partial charge on any atom is -0.381 e. The first-order valence-electron chi connectivity index (χ1n) is 6.67. The third-order valence-electron chi connectivity index (χ3n) is 3.26. The lowest BCUT2D eigenvalue weighted by Gasteiger charge is -2.27. The van der Waals surface area contributed by atoms with Gasteiger partial charge in [-0.25, -0.2) is 0 Å². The standard InChI is InChI=1S/C14H23N3O/c1-10-4-5-14(12(3)16-10)17-11(2)8-13-9-18-7-6-15-13/h4-5,11,13,15,17H,6-9H2,1-3H3. The van der Waals surface area contributed by atoms with Crippen LogP contribution in [0, 0.1) is 13.8 Å². The van der Waals surface area contributed by atoms with Crippen LogP contribution in [0.25, 0.3) is 0 Å². The normalized spacial score (nSPS) is 21.6. The number of aromatic nitrogens is 1. The number of ether oxygens (including phenoxy) is 1. The molecule has 100 valence electrons. The molecule has 1 saturated heterocycles. The van der Waals surface area contributed by atoms with Gasteiger partial charge < -0.3 is 15.4 Å². The number of nitrogens with zero attached hydrogens (tertiary/aromatic N) is 1. The van der Waals surface area contributed by atoms with Crippen molar-refractivity contribution >= 4 is 5.69 Å². The number of hydrogen-bond acceptors (Lipinski definition) is 4. The van der Waals surface area contributed by atoms with Gasteiger partial charge in [0.25, 0.3) is 0 Å². The monoisotopic (exact) mass is 249 g/mol. The summed E-state index contributed by atoms with van der Waals surface area (Å²) in [6.07, 6.45) is 1.06. The van der Waals surface area contributed by atoms with Crippen LogP contribution in [0.4, 0.5) is 5.69 Å². The summed E-state index contributed by atoms with van der Waals surface area (Å²) < 4.78 is 5.47. The van der Waals surface area contributed by atoms with Gasteiger partial charge in [0, 0.05) is 24.3 Å². The Morgan fingerprint density at radius 3 is 3.00 bits per heavy atom. The van der Waals surface area contributed by atoms with E-state index in [1.807, 2.05) is 19.9 Å². The number of nitrogens with one attached hydrogen (secondary N) is 2. The van der Waals surface area contributed by atoms with Crippen molar-refractivity contribution in [2.45, 2.75) is 39.3 Å². The molecule has 2 rings (SSSR count). The van der Waals surface area contributed by atoms with Crippen LogP contribution >= 0.6 is 0 Å². The molecule has 2 unspecified atom stereocenters. The van der Waals surface area contributed by atoms with Crippen LogP contribution in [-0.4, -0.2) is 36.8 Å². The summed E-state index contributed by atoms with van der Waals surface area (Å²) in [5.41, 5.74) is 3.26. The maximum Gasteiger partial charge on any atom is 0.0621 e. The smallest absolute Gasteiger partial charge is 0.0621 e. The van der Waals surface area contributed by atoms with E-state index in [0.717, 1.165) is 43.3 Å². The van der Waals surface area contributed by atoms with Crippen molar-refractivity contribution in [1.82, 2.24) is 10.3 Å². The van der Waals surface area contributed by atoms with Crippen LogP contribution in [0.5, 0.6) is 0 Å². The minimum atomic E-state index is 0.410. The molecule has 0 amide bonds. The first-order valence-corrected chi connectivity index (χ1v) is 6.67. The summed E-state index contributed by atoms with van der Waals surface area (Å²) in [4.78, 5) is 4.47. The summed E-state index contributed by atoms with van der Waals surface area (Å²) in [7, 11) is 0. The van der Waals surface area contributed by atoms with E-state index in [1.165, 1.54) is 0 Å². The van der Waals surface area contributed by atoms with E-state index in [-0.39, 0.29) is 0 Å². The molecular weight excluding hydrogens is 226 g/mol. The predicted molar refractivity (Wildman–Crippen MR) is 74.0 cm³/mol. The highest BCUT2D eigenvalue weighted by Gasteiger charge is 2.16. The Bertz CT molecular complexity index is 389. The molecule has 0 bridgehead atoms. The van der Waals surface area contributed by atoms with Gasteiger partial charge in [0.1, 0.15) is 0 Å². The molecule has 2 heterocycles. The van der Waals surface area contributed by atoms with E-state index in [4.69, 9.17) is 4.74 Å². The maximum atomic E-state index is 5.47. The van der Waals surface area contributed by atoms with E-state index >= 15 is 0 Å². The van der Waals surface area contributed by atoms with Gasteiger partial charge in [-0.1, -0.05) is 0 Å². The minimum absolute atomic E-state index is 0.410. The second-order valence-corrected chi connectivity index (χ2v) is 5.09. The maximum absolute atomic E-state index is 5.47. The number of morpholine rings is 1. The van der Waals surface area contributed by atoms with E-state index in [1.54, 1.807) is 0 Å². The first-order chi connectivity index (χ1) is 8.65. The molecule has 4 nitrogen and oxygen atoms in total. The number of rotatable bonds is 4. The quantitative estimate of drug-likeness (QED) is 0.855. The van der Waals surface area contributed by atoms with Crippen LogP contribution in [0.2, 0.25) is 0 Å².